The van der Waals surface area contributed by atoms with Gasteiger partial charge in [-0.2, -0.15) is 0 Å². The number of nitrogens with zero attached hydrogens (tertiary/aromatic N) is 2. The van der Waals surface area contributed by atoms with Gasteiger partial charge in [0.05, 0.1) is 6.04 Å². The van der Waals surface area contributed by atoms with Crippen LogP contribution >= 0.6 is 11.3 Å². The van der Waals surface area contributed by atoms with Crippen LogP contribution in [-0.4, -0.2) is 40.7 Å². The van der Waals surface area contributed by atoms with Crippen molar-refractivity contribution in [1.82, 2.24) is 9.80 Å². The van der Waals surface area contributed by atoms with Gasteiger partial charge in [0.2, 0.25) is 11.8 Å². The van der Waals surface area contributed by atoms with Crippen LogP contribution in [-0.2, 0) is 16.0 Å². The van der Waals surface area contributed by atoms with E-state index in [0.717, 1.165) is 12.8 Å². The molecule has 0 saturated heterocycles. The molecule has 0 radical (unpaired) electrons. The van der Waals surface area contributed by atoms with Gasteiger partial charge in [-0.25, -0.2) is 0 Å². The second kappa shape index (κ2) is 8.91. The van der Waals surface area contributed by atoms with Crippen molar-refractivity contribution in [3.05, 3.63) is 57.3 Å². The minimum absolute atomic E-state index is 0.0152. The van der Waals surface area contributed by atoms with E-state index in [0.29, 0.717) is 13.0 Å². The largest absolute Gasteiger partial charge is 0.331 e. The summed E-state index contributed by atoms with van der Waals surface area (Å²) >= 11 is 1.77. The van der Waals surface area contributed by atoms with Gasteiger partial charge in [0.1, 0.15) is 6.54 Å². The maximum absolute atomic E-state index is 13.4. The average Bonchev–Trinajstić information content (AvgIpc) is 3.14. The lowest BCUT2D eigenvalue weighted by atomic mass is 9.90. The molecule has 1 aliphatic rings. The Balaban J connectivity index is 1.92. The first-order chi connectivity index (χ1) is 13.4. The van der Waals surface area contributed by atoms with Crippen molar-refractivity contribution in [3.63, 3.8) is 0 Å². The molecule has 2 amide bonds. The van der Waals surface area contributed by atoms with Crippen LogP contribution in [0.5, 0.6) is 0 Å². The zero-order valence-corrected chi connectivity index (χ0v) is 18.1. The third-order valence-electron chi connectivity index (χ3n) is 5.48. The maximum Gasteiger partial charge on any atom is 0.243 e. The van der Waals surface area contributed by atoms with Crippen molar-refractivity contribution in [2.75, 3.05) is 13.1 Å². The number of carbonyl (C=O) groups excluding carboxylic acids is 2. The van der Waals surface area contributed by atoms with E-state index in [1.807, 2.05) is 37.8 Å². The summed E-state index contributed by atoms with van der Waals surface area (Å²) in [6.07, 6.45) is 2.16. The first-order valence-corrected chi connectivity index (χ1v) is 11.0. The van der Waals surface area contributed by atoms with Crippen LogP contribution in [0.15, 0.2) is 35.7 Å². The third kappa shape index (κ3) is 4.14. The fourth-order valence-electron chi connectivity index (χ4n) is 3.97. The van der Waals surface area contributed by atoms with E-state index >= 15 is 0 Å². The fraction of sp³-hybridized carbons (Fsp3) is 0.478. The molecule has 1 atom stereocenters. The molecule has 3 rings (SSSR count). The molecule has 1 aromatic heterocycles. The summed E-state index contributed by atoms with van der Waals surface area (Å²) in [4.78, 5) is 31.0. The molecular weight excluding hydrogens is 368 g/mol. The van der Waals surface area contributed by atoms with E-state index in [-0.39, 0.29) is 30.4 Å². The van der Waals surface area contributed by atoms with E-state index in [1.54, 1.807) is 16.2 Å². The van der Waals surface area contributed by atoms with Crippen LogP contribution in [0.4, 0.5) is 0 Å². The monoisotopic (exact) mass is 398 g/mol. The van der Waals surface area contributed by atoms with Crippen LogP contribution in [0.1, 0.15) is 61.2 Å². The van der Waals surface area contributed by atoms with Crippen LogP contribution in [0.3, 0.4) is 0 Å². The van der Waals surface area contributed by atoms with Gasteiger partial charge in [0.25, 0.3) is 0 Å². The number of rotatable bonds is 6. The van der Waals surface area contributed by atoms with Gasteiger partial charge in [0, 0.05) is 23.9 Å². The number of aryl methyl sites for hydroxylation is 1. The normalized spacial score (nSPS) is 16.2. The molecule has 0 spiro atoms. The van der Waals surface area contributed by atoms with Crippen molar-refractivity contribution in [2.45, 2.75) is 59.0 Å². The molecule has 2 heterocycles. The molecule has 1 aliphatic heterocycles. The van der Waals surface area contributed by atoms with Crippen molar-refractivity contribution in [1.29, 1.82) is 0 Å². The lowest BCUT2D eigenvalue weighted by molar-refractivity contribution is -0.143. The zero-order chi connectivity index (χ0) is 20.3. The summed E-state index contributed by atoms with van der Waals surface area (Å²) in [6, 6.07) is 10.4. The number of hydrogen-bond donors (Lipinski definition) is 0. The Morgan fingerprint density at radius 2 is 1.96 bits per heavy atom. The summed E-state index contributed by atoms with van der Waals surface area (Å²) in [7, 11) is 0. The highest BCUT2D eigenvalue weighted by molar-refractivity contribution is 7.10. The number of fused-ring (bicyclic) bond motifs is 1. The number of amides is 2. The van der Waals surface area contributed by atoms with Crippen molar-refractivity contribution in [2.24, 2.45) is 0 Å². The zero-order valence-electron chi connectivity index (χ0n) is 17.3. The van der Waals surface area contributed by atoms with E-state index < -0.39 is 0 Å². The van der Waals surface area contributed by atoms with Gasteiger partial charge in [-0.05, 0) is 61.7 Å². The lowest BCUT2D eigenvalue weighted by Gasteiger charge is -2.38. The Morgan fingerprint density at radius 3 is 2.64 bits per heavy atom. The average molecular weight is 399 g/mol. The number of thiophene rings is 1. The smallest absolute Gasteiger partial charge is 0.243 e. The molecule has 1 aromatic carbocycles. The second-order valence-electron chi connectivity index (χ2n) is 7.76. The predicted molar refractivity (Wildman–Crippen MR) is 115 cm³/mol. The molecular formula is C23H30N2O2S. The quantitative estimate of drug-likeness (QED) is 0.715. The number of benzene rings is 1. The molecule has 0 fully saturated rings. The minimum Gasteiger partial charge on any atom is -0.331 e. The Kier molecular flexibility index (Phi) is 6.55. The second-order valence-corrected chi connectivity index (χ2v) is 8.76. The molecule has 0 N–H and O–H groups in total. The standard InChI is InChI=1S/C23H30N2O2S/c1-5-8-21(26)25(16(2)3)15-22(27)24-13-11-20-19(12-14-28-20)23(24)18-10-7-6-9-17(18)4/h6-7,9-10,12,14,16,23H,5,8,11,13,15H2,1-4H3. The van der Waals surface area contributed by atoms with Crippen LogP contribution in [0.25, 0.3) is 0 Å². The molecule has 2 aromatic rings. The van der Waals surface area contributed by atoms with Crippen LogP contribution in [0, 0.1) is 6.92 Å². The van der Waals surface area contributed by atoms with Crippen molar-refractivity contribution >= 4 is 23.2 Å². The first kappa shape index (κ1) is 20.6. The Labute approximate surface area is 172 Å². The molecule has 4 nitrogen and oxygen atoms in total. The number of hydrogen-bond acceptors (Lipinski definition) is 3. The highest BCUT2D eigenvalue weighted by Gasteiger charge is 2.34. The molecule has 0 saturated carbocycles. The lowest BCUT2D eigenvalue weighted by Crippen LogP contribution is -2.48. The van der Waals surface area contributed by atoms with Gasteiger partial charge < -0.3 is 9.80 Å². The van der Waals surface area contributed by atoms with Crippen LogP contribution < -0.4 is 0 Å². The molecule has 1 unspecified atom stereocenters. The highest BCUT2D eigenvalue weighted by Crippen LogP contribution is 2.39. The third-order valence-corrected chi connectivity index (χ3v) is 6.48. The summed E-state index contributed by atoms with van der Waals surface area (Å²) in [6.45, 7) is 8.90. The van der Waals surface area contributed by atoms with E-state index in [1.165, 1.54) is 21.6 Å². The summed E-state index contributed by atoms with van der Waals surface area (Å²) in [5.74, 6) is 0.0924. The summed E-state index contributed by atoms with van der Waals surface area (Å²) in [5.41, 5.74) is 3.59. The SMILES string of the molecule is CCCC(=O)N(CC(=O)N1CCc2sccc2C1c1ccccc1C)C(C)C. The Hall–Kier alpha value is -2.14. The van der Waals surface area contributed by atoms with Crippen molar-refractivity contribution < 1.29 is 9.59 Å². The van der Waals surface area contributed by atoms with Gasteiger partial charge in [-0.3, -0.25) is 9.59 Å². The number of carbonyl (C=O) groups is 2. The molecule has 0 aliphatic carbocycles. The van der Waals surface area contributed by atoms with Gasteiger partial charge in [-0.1, -0.05) is 31.2 Å². The molecule has 150 valence electrons. The van der Waals surface area contributed by atoms with Crippen molar-refractivity contribution in [3.8, 4) is 0 Å². The molecule has 28 heavy (non-hydrogen) atoms. The highest BCUT2D eigenvalue weighted by atomic mass is 32.1. The van der Waals surface area contributed by atoms with Gasteiger partial charge in [0.15, 0.2) is 0 Å². The topological polar surface area (TPSA) is 40.6 Å². The maximum atomic E-state index is 13.4. The summed E-state index contributed by atoms with van der Waals surface area (Å²) < 4.78 is 0. The molecule has 0 bridgehead atoms. The van der Waals surface area contributed by atoms with Gasteiger partial charge in [-0.15, -0.1) is 11.3 Å². The van der Waals surface area contributed by atoms with E-state index in [4.69, 9.17) is 0 Å². The minimum atomic E-state index is -0.0704. The Bertz CT molecular complexity index is 843. The Morgan fingerprint density at radius 1 is 1.21 bits per heavy atom. The fourth-order valence-corrected chi connectivity index (χ4v) is 4.87. The van der Waals surface area contributed by atoms with Crippen LogP contribution in [0.2, 0.25) is 0 Å². The predicted octanol–water partition coefficient (Wildman–Crippen LogP) is 4.57. The molecule has 5 heteroatoms. The van der Waals surface area contributed by atoms with Gasteiger partial charge >= 0.3 is 0 Å². The van der Waals surface area contributed by atoms with E-state index in [9.17, 15) is 9.59 Å². The summed E-state index contributed by atoms with van der Waals surface area (Å²) in [5, 5.41) is 2.12. The first-order valence-electron chi connectivity index (χ1n) is 10.1. The van der Waals surface area contributed by atoms with E-state index in [2.05, 4.69) is 30.5 Å².